The first-order valence-corrected chi connectivity index (χ1v) is 6.85. The van der Waals surface area contributed by atoms with Gasteiger partial charge in [-0.25, -0.2) is 0 Å². The SMILES string of the molecule is CCCN1CCC(N)C1c1ccccc1CC. The second-order valence-corrected chi connectivity index (χ2v) is 4.99. The summed E-state index contributed by atoms with van der Waals surface area (Å²) in [5, 5.41) is 0. The van der Waals surface area contributed by atoms with Gasteiger partial charge in [0, 0.05) is 12.6 Å². The van der Waals surface area contributed by atoms with Crippen LogP contribution in [0.15, 0.2) is 24.3 Å². The molecule has 1 saturated heterocycles. The second-order valence-electron chi connectivity index (χ2n) is 4.99. The van der Waals surface area contributed by atoms with E-state index in [-0.39, 0.29) is 0 Å². The predicted octanol–water partition coefficient (Wildman–Crippen LogP) is 2.73. The number of likely N-dealkylation sites (tertiary alicyclic amines) is 1. The summed E-state index contributed by atoms with van der Waals surface area (Å²) in [4.78, 5) is 2.55. The average molecular weight is 232 g/mol. The van der Waals surface area contributed by atoms with E-state index in [1.807, 2.05) is 0 Å². The Balaban J connectivity index is 2.29. The Bertz CT molecular complexity index is 360. The van der Waals surface area contributed by atoms with Crippen LogP contribution in [0.3, 0.4) is 0 Å². The second kappa shape index (κ2) is 5.65. The standard InChI is InChI=1S/C15H24N2/c1-3-10-17-11-9-14(16)15(17)13-8-6-5-7-12(13)4-2/h5-8,14-15H,3-4,9-11,16H2,1-2H3. The molecule has 1 aromatic rings. The van der Waals surface area contributed by atoms with Crippen molar-refractivity contribution in [1.82, 2.24) is 4.90 Å². The summed E-state index contributed by atoms with van der Waals surface area (Å²) >= 11 is 0. The molecule has 0 radical (unpaired) electrons. The topological polar surface area (TPSA) is 29.3 Å². The minimum absolute atomic E-state index is 0.300. The molecule has 1 aliphatic heterocycles. The van der Waals surface area contributed by atoms with Crippen LogP contribution in [0.1, 0.15) is 43.9 Å². The summed E-state index contributed by atoms with van der Waals surface area (Å²) in [6.45, 7) is 6.78. The van der Waals surface area contributed by atoms with Crippen LogP contribution in [-0.2, 0) is 6.42 Å². The molecular formula is C15H24N2. The van der Waals surface area contributed by atoms with Crippen LogP contribution in [-0.4, -0.2) is 24.0 Å². The molecule has 0 spiro atoms. The molecule has 94 valence electrons. The Labute approximate surface area is 105 Å². The van der Waals surface area contributed by atoms with Gasteiger partial charge in [0.05, 0.1) is 6.04 Å². The lowest BCUT2D eigenvalue weighted by Gasteiger charge is -2.28. The van der Waals surface area contributed by atoms with Crippen LogP contribution in [0.2, 0.25) is 0 Å². The normalized spacial score (nSPS) is 25.4. The molecule has 2 heteroatoms. The summed E-state index contributed by atoms with van der Waals surface area (Å²) in [6, 6.07) is 9.51. The molecule has 2 unspecified atom stereocenters. The summed E-state index contributed by atoms with van der Waals surface area (Å²) < 4.78 is 0. The first-order valence-electron chi connectivity index (χ1n) is 6.85. The van der Waals surface area contributed by atoms with Crippen molar-refractivity contribution in [1.29, 1.82) is 0 Å². The van der Waals surface area contributed by atoms with E-state index in [0.717, 1.165) is 25.9 Å². The monoisotopic (exact) mass is 232 g/mol. The average Bonchev–Trinajstić information content (AvgIpc) is 2.71. The van der Waals surface area contributed by atoms with E-state index in [1.165, 1.54) is 17.5 Å². The molecule has 2 atom stereocenters. The maximum atomic E-state index is 6.31. The van der Waals surface area contributed by atoms with E-state index in [2.05, 4.69) is 43.0 Å². The molecule has 1 aromatic carbocycles. The number of benzene rings is 1. The predicted molar refractivity (Wildman–Crippen MR) is 73.0 cm³/mol. The highest BCUT2D eigenvalue weighted by atomic mass is 15.2. The van der Waals surface area contributed by atoms with Gasteiger partial charge in [0.1, 0.15) is 0 Å². The van der Waals surface area contributed by atoms with Gasteiger partial charge in [-0.1, -0.05) is 38.1 Å². The number of aryl methyl sites for hydroxylation is 1. The van der Waals surface area contributed by atoms with E-state index in [4.69, 9.17) is 5.73 Å². The molecule has 0 amide bonds. The molecule has 2 N–H and O–H groups in total. The van der Waals surface area contributed by atoms with Crippen molar-refractivity contribution in [3.8, 4) is 0 Å². The Morgan fingerprint density at radius 1 is 1.29 bits per heavy atom. The zero-order chi connectivity index (χ0) is 12.3. The van der Waals surface area contributed by atoms with Gasteiger partial charge in [-0.3, -0.25) is 4.90 Å². The van der Waals surface area contributed by atoms with Crippen molar-refractivity contribution in [3.63, 3.8) is 0 Å². The van der Waals surface area contributed by atoms with Crippen LogP contribution in [0.4, 0.5) is 0 Å². The lowest BCUT2D eigenvalue weighted by molar-refractivity contribution is 0.247. The molecule has 1 heterocycles. The minimum atomic E-state index is 0.300. The largest absolute Gasteiger partial charge is 0.326 e. The molecule has 2 rings (SSSR count). The maximum Gasteiger partial charge on any atom is 0.0502 e. The molecule has 0 aliphatic carbocycles. The van der Waals surface area contributed by atoms with Gasteiger partial charge in [-0.05, 0) is 36.9 Å². The smallest absolute Gasteiger partial charge is 0.0502 e. The van der Waals surface area contributed by atoms with Gasteiger partial charge in [-0.2, -0.15) is 0 Å². The fourth-order valence-corrected chi connectivity index (χ4v) is 2.99. The molecule has 0 aromatic heterocycles. The molecular weight excluding hydrogens is 208 g/mol. The Kier molecular flexibility index (Phi) is 4.19. The summed E-state index contributed by atoms with van der Waals surface area (Å²) in [7, 11) is 0. The highest BCUT2D eigenvalue weighted by Crippen LogP contribution is 2.33. The van der Waals surface area contributed by atoms with Crippen molar-refractivity contribution in [3.05, 3.63) is 35.4 Å². The van der Waals surface area contributed by atoms with Crippen LogP contribution < -0.4 is 5.73 Å². The lowest BCUT2D eigenvalue weighted by Crippen LogP contribution is -2.33. The van der Waals surface area contributed by atoms with Gasteiger partial charge in [0.15, 0.2) is 0 Å². The van der Waals surface area contributed by atoms with Crippen LogP contribution in [0.5, 0.6) is 0 Å². The zero-order valence-electron chi connectivity index (χ0n) is 11.0. The van der Waals surface area contributed by atoms with Crippen molar-refractivity contribution in [2.75, 3.05) is 13.1 Å². The van der Waals surface area contributed by atoms with Gasteiger partial charge < -0.3 is 5.73 Å². The highest BCUT2D eigenvalue weighted by Gasteiger charge is 2.33. The van der Waals surface area contributed by atoms with E-state index in [9.17, 15) is 0 Å². The van der Waals surface area contributed by atoms with Gasteiger partial charge in [0.2, 0.25) is 0 Å². The molecule has 1 aliphatic rings. The van der Waals surface area contributed by atoms with E-state index >= 15 is 0 Å². The number of nitrogens with two attached hydrogens (primary N) is 1. The number of nitrogens with zero attached hydrogens (tertiary/aromatic N) is 1. The number of hydrogen-bond acceptors (Lipinski definition) is 2. The van der Waals surface area contributed by atoms with Gasteiger partial charge >= 0.3 is 0 Å². The Hall–Kier alpha value is -0.860. The first-order chi connectivity index (χ1) is 8.27. The van der Waals surface area contributed by atoms with E-state index in [0.29, 0.717) is 12.1 Å². The van der Waals surface area contributed by atoms with E-state index < -0.39 is 0 Å². The van der Waals surface area contributed by atoms with Crippen LogP contribution in [0, 0.1) is 0 Å². The van der Waals surface area contributed by atoms with Crippen LogP contribution in [0.25, 0.3) is 0 Å². The molecule has 0 saturated carbocycles. The molecule has 0 bridgehead atoms. The van der Waals surface area contributed by atoms with E-state index in [1.54, 1.807) is 0 Å². The van der Waals surface area contributed by atoms with Crippen molar-refractivity contribution in [2.24, 2.45) is 5.73 Å². The third-order valence-corrected chi connectivity index (χ3v) is 3.81. The number of hydrogen-bond donors (Lipinski definition) is 1. The fourth-order valence-electron chi connectivity index (χ4n) is 2.99. The van der Waals surface area contributed by atoms with Crippen molar-refractivity contribution >= 4 is 0 Å². The lowest BCUT2D eigenvalue weighted by atomic mass is 9.94. The van der Waals surface area contributed by atoms with Crippen LogP contribution >= 0.6 is 0 Å². The summed E-state index contributed by atoms with van der Waals surface area (Å²) in [6.07, 6.45) is 3.43. The Morgan fingerprint density at radius 2 is 2.06 bits per heavy atom. The third kappa shape index (κ3) is 2.53. The molecule has 2 nitrogen and oxygen atoms in total. The quantitative estimate of drug-likeness (QED) is 0.865. The number of rotatable bonds is 4. The summed E-state index contributed by atoms with van der Waals surface area (Å²) in [5.74, 6) is 0. The Morgan fingerprint density at radius 3 is 2.76 bits per heavy atom. The highest BCUT2D eigenvalue weighted by molar-refractivity contribution is 5.32. The fraction of sp³-hybridized carbons (Fsp3) is 0.600. The van der Waals surface area contributed by atoms with Gasteiger partial charge in [-0.15, -0.1) is 0 Å². The first kappa shape index (κ1) is 12.6. The zero-order valence-corrected chi connectivity index (χ0v) is 11.0. The van der Waals surface area contributed by atoms with Gasteiger partial charge in [0.25, 0.3) is 0 Å². The molecule has 17 heavy (non-hydrogen) atoms. The van der Waals surface area contributed by atoms with Crippen molar-refractivity contribution in [2.45, 2.75) is 45.2 Å². The molecule has 1 fully saturated rings. The maximum absolute atomic E-state index is 6.31. The minimum Gasteiger partial charge on any atom is -0.326 e. The third-order valence-electron chi connectivity index (χ3n) is 3.81. The summed E-state index contributed by atoms with van der Waals surface area (Å²) in [5.41, 5.74) is 9.22. The van der Waals surface area contributed by atoms with Crippen molar-refractivity contribution < 1.29 is 0 Å².